The Morgan fingerprint density at radius 2 is 2.05 bits per heavy atom. The fourth-order valence-electron chi connectivity index (χ4n) is 2.38. The maximum atomic E-state index is 6.46. The second-order valence-electron chi connectivity index (χ2n) is 4.86. The number of nitrogens with one attached hydrogen (secondary N) is 1. The molecular weight excluding hydrogens is 290 g/mol. The van der Waals surface area contributed by atoms with Crippen LogP contribution in [0.15, 0.2) is 24.3 Å². The van der Waals surface area contributed by atoms with Gasteiger partial charge in [0.15, 0.2) is 0 Å². The fourth-order valence-corrected chi connectivity index (χ4v) is 3.82. The molecule has 5 heteroatoms. The van der Waals surface area contributed by atoms with Gasteiger partial charge in [0.25, 0.3) is 0 Å². The summed E-state index contributed by atoms with van der Waals surface area (Å²) >= 11 is 8.20. The Bertz CT molecular complexity index is 773. The van der Waals surface area contributed by atoms with Gasteiger partial charge in [0.2, 0.25) is 0 Å². The molecule has 0 fully saturated rings. The number of halogens is 1. The molecule has 2 aromatic heterocycles. The number of rotatable bonds is 3. The summed E-state index contributed by atoms with van der Waals surface area (Å²) in [7, 11) is 1.96. The van der Waals surface area contributed by atoms with E-state index in [1.165, 1.54) is 4.70 Å². The Labute approximate surface area is 127 Å². The van der Waals surface area contributed by atoms with Crippen LogP contribution in [0.5, 0.6) is 0 Å². The highest BCUT2D eigenvalue weighted by molar-refractivity contribution is 7.19. The summed E-state index contributed by atoms with van der Waals surface area (Å²) in [6, 6.07) is 8.24. The van der Waals surface area contributed by atoms with Crippen molar-refractivity contribution in [3.63, 3.8) is 0 Å². The van der Waals surface area contributed by atoms with Gasteiger partial charge in [-0.25, -0.2) is 0 Å². The van der Waals surface area contributed by atoms with Gasteiger partial charge in [-0.2, -0.15) is 5.10 Å². The fraction of sp³-hybridized carbons (Fsp3) is 0.267. The lowest BCUT2D eigenvalue weighted by Crippen LogP contribution is -2.00. The second kappa shape index (κ2) is 5.11. The van der Waals surface area contributed by atoms with Gasteiger partial charge in [-0.15, -0.1) is 11.3 Å². The van der Waals surface area contributed by atoms with Gasteiger partial charge in [-0.3, -0.25) is 4.68 Å². The first-order valence-corrected chi connectivity index (χ1v) is 7.67. The normalized spacial score (nSPS) is 11.2. The number of aryl methyl sites for hydroxylation is 2. The molecule has 0 saturated heterocycles. The van der Waals surface area contributed by atoms with Gasteiger partial charge in [-0.05, 0) is 19.9 Å². The zero-order valence-corrected chi connectivity index (χ0v) is 13.3. The molecule has 0 bridgehead atoms. The van der Waals surface area contributed by atoms with Crippen LogP contribution >= 0.6 is 22.9 Å². The third kappa shape index (κ3) is 2.19. The molecule has 0 spiro atoms. The molecule has 0 aliphatic rings. The lowest BCUT2D eigenvalue weighted by atomic mass is 10.2. The molecule has 0 aliphatic carbocycles. The molecule has 3 nitrogen and oxygen atoms in total. The average Bonchev–Trinajstić information content (AvgIpc) is 2.87. The Balaban J connectivity index is 1.89. The highest BCUT2D eigenvalue weighted by atomic mass is 35.5. The molecule has 20 heavy (non-hydrogen) atoms. The molecule has 0 radical (unpaired) electrons. The van der Waals surface area contributed by atoms with E-state index in [-0.39, 0.29) is 0 Å². The van der Waals surface area contributed by atoms with E-state index in [0.29, 0.717) is 0 Å². The van der Waals surface area contributed by atoms with Crippen LogP contribution in [-0.4, -0.2) is 9.78 Å². The first-order chi connectivity index (χ1) is 9.58. The van der Waals surface area contributed by atoms with Gasteiger partial charge < -0.3 is 5.32 Å². The van der Waals surface area contributed by atoms with Crippen LogP contribution in [0.3, 0.4) is 0 Å². The molecule has 0 unspecified atom stereocenters. The number of anilines is 1. The maximum Gasteiger partial charge on any atom is 0.0827 e. The molecule has 3 rings (SSSR count). The monoisotopic (exact) mass is 305 g/mol. The number of hydrogen-bond acceptors (Lipinski definition) is 3. The Morgan fingerprint density at radius 1 is 1.30 bits per heavy atom. The summed E-state index contributed by atoms with van der Waals surface area (Å²) in [4.78, 5) is 1.16. The standard InChI is InChI=1S/C15H16ClN3S/c1-9-15(10(2)19(3)18-9)17-8-13-14(16)11-6-4-5-7-12(11)20-13/h4-7,17H,8H2,1-3H3. The zero-order valence-electron chi connectivity index (χ0n) is 11.7. The lowest BCUT2D eigenvalue weighted by Gasteiger charge is -2.05. The SMILES string of the molecule is Cc1nn(C)c(C)c1NCc1sc2ccccc2c1Cl. The van der Waals surface area contributed by atoms with Crippen molar-refractivity contribution in [2.75, 3.05) is 5.32 Å². The van der Waals surface area contributed by atoms with Gasteiger partial charge in [-0.1, -0.05) is 29.8 Å². The smallest absolute Gasteiger partial charge is 0.0827 e. The Hall–Kier alpha value is -1.52. The number of aromatic nitrogens is 2. The number of thiophene rings is 1. The molecule has 104 valence electrons. The topological polar surface area (TPSA) is 29.9 Å². The van der Waals surface area contributed by atoms with Crippen molar-refractivity contribution < 1.29 is 0 Å². The van der Waals surface area contributed by atoms with Crippen molar-refractivity contribution in [3.8, 4) is 0 Å². The summed E-state index contributed by atoms with van der Waals surface area (Å²) in [5.41, 5.74) is 3.25. The van der Waals surface area contributed by atoms with Crippen molar-refractivity contribution >= 4 is 38.7 Å². The third-order valence-corrected chi connectivity index (χ3v) is 5.25. The summed E-state index contributed by atoms with van der Waals surface area (Å²) in [6.07, 6.45) is 0. The minimum atomic E-state index is 0.728. The van der Waals surface area contributed by atoms with Crippen LogP contribution in [0.2, 0.25) is 5.02 Å². The molecule has 0 amide bonds. The first-order valence-electron chi connectivity index (χ1n) is 6.48. The van der Waals surface area contributed by atoms with Gasteiger partial charge in [0.1, 0.15) is 0 Å². The number of nitrogens with zero attached hydrogens (tertiary/aromatic N) is 2. The van der Waals surface area contributed by atoms with Crippen molar-refractivity contribution in [3.05, 3.63) is 45.6 Å². The lowest BCUT2D eigenvalue weighted by molar-refractivity contribution is 0.731. The van der Waals surface area contributed by atoms with E-state index in [4.69, 9.17) is 11.6 Å². The van der Waals surface area contributed by atoms with Gasteiger partial charge >= 0.3 is 0 Å². The molecule has 2 heterocycles. The average molecular weight is 306 g/mol. The number of benzene rings is 1. The molecule has 1 aromatic carbocycles. The van der Waals surface area contributed by atoms with Crippen LogP contribution < -0.4 is 5.32 Å². The highest BCUT2D eigenvalue weighted by Gasteiger charge is 2.12. The third-order valence-electron chi connectivity index (χ3n) is 3.54. The predicted octanol–water partition coefficient (Wildman–Crippen LogP) is 4.52. The quantitative estimate of drug-likeness (QED) is 0.771. The minimum Gasteiger partial charge on any atom is -0.377 e. The predicted molar refractivity (Wildman–Crippen MR) is 86.8 cm³/mol. The number of hydrogen-bond donors (Lipinski definition) is 1. The van der Waals surface area contributed by atoms with E-state index in [2.05, 4.69) is 29.5 Å². The van der Waals surface area contributed by atoms with Crippen LogP contribution in [-0.2, 0) is 13.6 Å². The zero-order chi connectivity index (χ0) is 14.3. The van der Waals surface area contributed by atoms with E-state index in [9.17, 15) is 0 Å². The van der Waals surface area contributed by atoms with Gasteiger partial charge in [0, 0.05) is 22.0 Å². The van der Waals surface area contributed by atoms with E-state index in [1.807, 2.05) is 30.8 Å². The largest absolute Gasteiger partial charge is 0.377 e. The van der Waals surface area contributed by atoms with Crippen LogP contribution in [0.4, 0.5) is 5.69 Å². The second-order valence-corrected chi connectivity index (χ2v) is 6.37. The van der Waals surface area contributed by atoms with E-state index in [0.717, 1.165) is 38.9 Å². The van der Waals surface area contributed by atoms with Crippen molar-refractivity contribution in [1.29, 1.82) is 0 Å². The molecular formula is C15H16ClN3S. The minimum absolute atomic E-state index is 0.728. The Morgan fingerprint density at radius 3 is 2.70 bits per heavy atom. The summed E-state index contributed by atoms with van der Waals surface area (Å²) in [5.74, 6) is 0. The Kier molecular flexibility index (Phi) is 3.44. The van der Waals surface area contributed by atoms with E-state index >= 15 is 0 Å². The highest BCUT2D eigenvalue weighted by Crippen LogP contribution is 2.35. The number of fused-ring (bicyclic) bond motifs is 1. The molecule has 0 aliphatic heterocycles. The maximum absolute atomic E-state index is 6.46. The molecule has 3 aromatic rings. The summed E-state index contributed by atoms with van der Waals surface area (Å²) < 4.78 is 3.12. The van der Waals surface area contributed by atoms with Gasteiger partial charge in [0.05, 0.1) is 28.6 Å². The summed E-state index contributed by atoms with van der Waals surface area (Å²) in [5, 5.41) is 9.87. The van der Waals surface area contributed by atoms with E-state index in [1.54, 1.807) is 11.3 Å². The van der Waals surface area contributed by atoms with E-state index < -0.39 is 0 Å². The molecule has 1 N–H and O–H groups in total. The molecule has 0 saturated carbocycles. The van der Waals surface area contributed by atoms with Crippen LogP contribution in [0.1, 0.15) is 16.3 Å². The molecule has 0 atom stereocenters. The first kappa shape index (κ1) is 13.5. The van der Waals surface area contributed by atoms with Crippen molar-refractivity contribution in [2.45, 2.75) is 20.4 Å². The van der Waals surface area contributed by atoms with Crippen LogP contribution in [0.25, 0.3) is 10.1 Å². The van der Waals surface area contributed by atoms with Crippen LogP contribution in [0, 0.1) is 13.8 Å². The van der Waals surface area contributed by atoms with Crippen molar-refractivity contribution in [2.24, 2.45) is 7.05 Å². The summed E-state index contributed by atoms with van der Waals surface area (Å²) in [6.45, 7) is 4.81. The van der Waals surface area contributed by atoms with Crippen molar-refractivity contribution in [1.82, 2.24) is 9.78 Å².